The molecule has 1 aromatic carbocycles. The van der Waals surface area contributed by atoms with Gasteiger partial charge >= 0.3 is 5.97 Å². The van der Waals surface area contributed by atoms with E-state index in [4.69, 9.17) is 11.5 Å². The molecule has 25 heteroatoms. The van der Waals surface area contributed by atoms with E-state index in [1.807, 2.05) is 6.92 Å². The van der Waals surface area contributed by atoms with Gasteiger partial charge in [0.2, 0.25) is 59.1 Å². The van der Waals surface area contributed by atoms with Crippen molar-refractivity contribution in [1.82, 2.24) is 42.1 Å². The number of carbonyl (C=O) groups excluding carboxylic acids is 10. The molecular formula is C45H68N10O15. The zero-order valence-electron chi connectivity index (χ0n) is 39.4. The van der Waals surface area contributed by atoms with Crippen molar-refractivity contribution in [3.05, 3.63) is 29.8 Å². The van der Waals surface area contributed by atoms with Gasteiger partial charge in [0.15, 0.2) is 0 Å². The second kappa shape index (κ2) is 28.6. The van der Waals surface area contributed by atoms with Crippen molar-refractivity contribution < 1.29 is 73.2 Å². The molecule has 70 heavy (non-hydrogen) atoms. The molecule has 10 amide bonds. The minimum absolute atomic E-state index is 0.0150. The average molecular weight is 989 g/mol. The molecule has 0 aliphatic carbocycles. The number of hydrogen-bond donors (Lipinski definition) is 13. The molecule has 9 atom stereocenters. The van der Waals surface area contributed by atoms with E-state index >= 15 is 0 Å². The number of carboxylic acid groups (broad SMARTS) is 1. The summed E-state index contributed by atoms with van der Waals surface area (Å²) in [5, 5.41) is 57.1. The molecule has 2 heterocycles. The predicted octanol–water partition coefficient (Wildman–Crippen LogP) is -3.54. The zero-order valence-corrected chi connectivity index (χ0v) is 39.4. The lowest BCUT2D eigenvalue weighted by Gasteiger charge is -2.30. The first-order valence-electron chi connectivity index (χ1n) is 23.4. The summed E-state index contributed by atoms with van der Waals surface area (Å²) in [7, 11) is 0. The largest absolute Gasteiger partial charge is 0.508 e. The van der Waals surface area contributed by atoms with E-state index in [0.29, 0.717) is 18.4 Å². The number of phenols is 1. The van der Waals surface area contributed by atoms with Crippen LogP contribution in [-0.4, -0.2) is 158 Å². The van der Waals surface area contributed by atoms with Crippen LogP contribution < -0.4 is 48.7 Å². The third-order valence-electron chi connectivity index (χ3n) is 11.8. The summed E-state index contributed by atoms with van der Waals surface area (Å²) in [6.07, 6.45) is -0.0124. The van der Waals surface area contributed by atoms with E-state index in [2.05, 4.69) is 37.2 Å². The van der Waals surface area contributed by atoms with Gasteiger partial charge in [-0.15, -0.1) is 0 Å². The van der Waals surface area contributed by atoms with Crippen molar-refractivity contribution in [3.63, 3.8) is 0 Å². The van der Waals surface area contributed by atoms with Crippen molar-refractivity contribution in [2.75, 3.05) is 13.2 Å². The maximum Gasteiger partial charge on any atom is 0.303 e. The summed E-state index contributed by atoms with van der Waals surface area (Å²) in [6.45, 7) is 2.01. The Bertz CT molecular complexity index is 2040. The molecule has 0 saturated carbocycles. The number of benzene rings is 1. The molecule has 3 rings (SSSR count). The molecule has 15 N–H and O–H groups in total. The lowest BCUT2D eigenvalue weighted by molar-refractivity contribution is -0.143. The van der Waals surface area contributed by atoms with Crippen molar-refractivity contribution in [1.29, 1.82) is 0 Å². The van der Waals surface area contributed by atoms with Gasteiger partial charge < -0.3 is 74.0 Å². The highest BCUT2D eigenvalue weighted by Crippen LogP contribution is 2.21. The number of phenolic OH excluding ortho intramolecular Hbond substituents is 1. The Labute approximate surface area is 404 Å². The monoisotopic (exact) mass is 988 g/mol. The van der Waals surface area contributed by atoms with E-state index in [0.717, 1.165) is 37.5 Å². The lowest BCUT2D eigenvalue weighted by atomic mass is 10.0. The number of rotatable bonds is 18. The topological polar surface area (TPSA) is 408 Å². The van der Waals surface area contributed by atoms with Crippen molar-refractivity contribution in [2.24, 2.45) is 11.5 Å². The number of aliphatic carboxylic acids is 1. The van der Waals surface area contributed by atoms with Crippen LogP contribution in [0, 0.1) is 0 Å². The SMILES string of the molecule is CCCCCCCCC1CC(=O)N[C@@H](CC(N)=O)C(=O)N[C@H](Cc2ccc(O)cc2)C(=O)N[C@H](CC(N)=O)C(=O)N2CCC[C@@H]2C(=O)N[C@@H](CCC(=O)O)C(=O)N[C@H](CO)C(=O)NC([C@@H](C)O)C(=O)N1. The molecule has 0 spiro atoms. The van der Waals surface area contributed by atoms with E-state index < -0.39 is 158 Å². The number of aromatic hydroxyl groups is 1. The number of carboxylic acids is 1. The van der Waals surface area contributed by atoms with Crippen LogP contribution in [-0.2, 0) is 59.2 Å². The summed E-state index contributed by atoms with van der Waals surface area (Å²) < 4.78 is 0. The number of fused-ring (bicyclic) bond motifs is 1. The molecule has 2 aliphatic rings. The second-order valence-corrected chi connectivity index (χ2v) is 17.6. The van der Waals surface area contributed by atoms with Crippen molar-refractivity contribution >= 4 is 65.0 Å². The number of carbonyl (C=O) groups is 11. The number of nitrogens with zero attached hydrogens (tertiary/aromatic N) is 1. The Morgan fingerprint density at radius 3 is 1.86 bits per heavy atom. The van der Waals surface area contributed by atoms with E-state index in [1.54, 1.807) is 0 Å². The highest BCUT2D eigenvalue weighted by atomic mass is 16.4. The second-order valence-electron chi connectivity index (χ2n) is 17.6. The normalized spacial score (nSPS) is 25.3. The number of amides is 10. The van der Waals surface area contributed by atoms with Crippen LogP contribution in [0.5, 0.6) is 5.75 Å². The summed E-state index contributed by atoms with van der Waals surface area (Å²) in [5.74, 6) is -12.0. The minimum Gasteiger partial charge on any atom is -0.508 e. The highest BCUT2D eigenvalue weighted by Gasteiger charge is 2.41. The fourth-order valence-electron chi connectivity index (χ4n) is 8.03. The molecule has 0 bridgehead atoms. The Morgan fingerprint density at radius 2 is 1.24 bits per heavy atom. The van der Waals surface area contributed by atoms with Crippen LogP contribution in [0.1, 0.15) is 109 Å². The number of nitrogens with two attached hydrogens (primary N) is 2. The Hall–Kier alpha value is -6.89. The van der Waals surface area contributed by atoms with Crippen LogP contribution in [0.25, 0.3) is 0 Å². The first-order valence-corrected chi connectivity index (χ1v) is 23.4. The first-order chi connectivity index (χ1) is 33.1. The van der Waals surface area contributed by atoms with Crippen LogP contribution in [0.4, 0.5) is 0 Å². The summed E-state index contributed by atoms with van der Waals surface area (Å²) in [6, 6.07) is -7.32. The summed E-state index contributed by atoms with van der Waals surface area (Å²) >= 11 is 0. The number of hydrogen-bond acceptors (Lipinski definition) is 14. The average Bonchev–Trinajstić information content (AvgIpc) is 3.79. The third-order valence-corrected chi connectivity index (χ3v) is 11.8. The molecule has 2 aliphatic heterocycles. The number of unbranched alkanes of at least 4 members (excludes halogenated alkanes) is 5. The summed E-state index contributed by atoms with van der Waals surface area (Å²) in [5.41, 5.74) is 11.4. The first kappa shape index (κ1) is 57.4. The predicted molar refractivity (Wildman–Crippen MR) is 246 cm³/mol. The van der Waals surface area contributed by atoms with Gasteiger partial charge in [0.1, 0.15) is 48.0 Å². The number of nitrogens with one attached hydrogen (secondary N) is 7. The molecule has 2 saturated heterocycles. The fourth-order valence-corrected chi connectivity index (χ4v) is 8.03. The minimum atomic E-state index is -1.83. The fraction of sp³-hybridized carbons (Fsp3) is 0.622. The van der Waals surface area contributed by atoms with Crippen molar-refractivity contribution in [3.8, 4) is 5.75 Å². The molecule has 2 unspecified atom stereocenters. The third kappa shape index (κ3) is 18.9. The molecule has 25 nitrogen and oxygen atoms in total. The number of primary amides is 2. The molecule has 0 radical (unpaired) electrons. The maximum atomic E-state index is 14.2. The highest BCUT2D eigenvalue weighted by molar-refractivity contribution is 6.00. The van der Waals surface area contributed by atoms with Crippen LogP contribution in [0.2, 0.25) is 0 Å². The molecule has 1 aromatic rings. The van der Waals surface area contributed by atoms with Gasteiger partial charge in [-0.1, -0.05) is 57.6 Å². The van der Waals surface area contributed by atoms with Gasteiger partial charge in [-0.2, -0.15) is 0 Å². The molecule has 388 valence electrons. The van der Waals surface area contributed by atoms with Gasteiger partial charge in [0.05, 0.1) is 25.6 Å². The number of aliphatic hydroxyl groups is 2. The zero-order chi connectivity index (χ0) is 52.1. The van der Waals surface area contributed by atoms with Crippen LogP contribution in [0.15, 0.2) is 24.3 Å². The summed E-state index contributed by atoms with van der Waals surface area (Å²) in [4.78, 5) is 149. The Morgan fingerprint density at radius 1 is 0.686 bits per heavy atom. The molecule has 2 fully saturated rings. The van der Waals surface area contributed by atoms with E-state index in [-0.39, 0.29) is 38.0 Å². The van der Waals surface area contributed by atoms with Gasteiger partial charge in [0, 0.05) is 31.8 Å². The van der Waals surface area contributed by atoms with Crippen LogP contribution >= 0.6 is 0 Å². The van der Waals surface area contributed by atoms with Gasteiger partial charge in [-0.3, -0.25) is 52.7 Å². The van der Waals surface area contributed by atoms with Crippen molar-refractivity contribution in [2.45, 2.75) is 165 Å². The van der Waals surface area contributed by atoms with E-state index in [9.17, 15) is 73.2 Å². The van der Waals surface area contributed by atoms with E-state index in [1.165, 1.54) is 24.3 Å². The molecular weight excluding hydrogens is 921 g/mol. The lowest BCUT2D eigenvalue weighted by Crippen LogP contribution is -2.61. The number of aliphatic hydroxyl groups excluding tert-OH is 2. The Kier molecular flexibility index (Phi) is 23.4. The van der Waals surface area contributed by atoms with Gasteiger partial charge in [-0.25, -0.2) is 0 Å². The standard InChI is InChI=1S/C45H68N10O15/c1-3-4-5-6-7-8-10-26-20-36(61)49-30(21-34(46)59)41(66)51-29(19-25-12-14-27(58)15-13-25)40(65)52-31(22-35(47)60)45(70)55-18-9-11-33(55)43(68)50-28(16-17-37(62)63)39(64)53-32(23-56)42(67)54-38(24(2)57)44(69)48-26/h12-15,24,26,28-33,38,56-58H,3-11,16-23H2,1-2H3,(H2,46,59)(H2,47,60)(H,48,69)(H,49,61)(H,50,68)(H,51,66)(H,52,65)(H,53,64)(H,54,67)(H,62,63)/t24-,26?,28+,29-,30+,31-,32-,33-,38?/m1/s1. The molecule has 0 aromatic heterocycles. The van der Waals surface area contributed by atoms with Gasteiger partial charge in [0.25, 0.3) is 0 Å². The Balaban J connectivity index is 2.15. The van der Waals surface area contributed by atoms with Crippen LogP contribution in [0.3, 0.4) is 0 Å². The van der Waals surface area contributed by atoms with Gasteiger partial charge in [-0.05, 0) is 50.3 Å². The maximum absolute atomic E-state index is 14.2. The smallest absolute Gasteiger partial charge is 0.303 e. The quantitative estimate of drug-likeness (QED) is 0.0634.